The molecule has 30 heavy (non-hydrogen) atoms. The van der Waals surface area contributed by atoms with Crippen LogP contribution in [0.25, 0.3) is 11.4 Å². The molecule has 2 aromatic rings. The number of hydrogen-bond acceptors (Lipinski definition) is 5. The van der Waals surface area contributed by atoms with Gasteiger partial charge in [-0.25, -0.2) is 9.97 Å². The van der Waals surface area contributed by atoms with Crippen molar-refractivity contribution in [3.63, 3.8) is 0 Å². The highest BCUT2D eigenvalue weighted by atomic mass is 16.6. The van der Waals surface area contributed by atoms with E-state index in [1.807, 2.05) is 30.3 Å². The summed E-state index contributed by atoms with van der Waals surface area (Å²) < 4.78 is 17.2. The molecule has 0 amide bonds. The van der Waals surface area contributed by atoms with E-state index in [-0.39, 0.29) is 6.10 Å². The molecule has 0 radical (unpaired) electrons. The number of unbranched alkanes of at least 4 members (excludes halogenated alkanes) is 5. The van der Waals surface area contributed by atoms with Crippen LogP contribution in [0.3, 0.4) is 0 Å². The molecule has 2 atom stereocenters. The molecule has 1 aromatic heterocycles. The first kappa shape index (κ1) is 22.3. The summed E-state index contributed by atoms with van der Waals surface area (Å²) >= 11 is 0. The van der Waals surface area contributed by atoms with E-state index in [9.17, 15) is 0 Å². The van der Waals surface area contributed by atoms with Crippen LogP contribution in [0.1, 0.15) is 58.3 Å². The van der Waals surface area contributed by atoms with Gasteiger partial charge in [0.25, 0.3) is 0 Å². The van der Waals surface area contributed by atoms with E-state index < -0.39 is 0 Å². The summed E-state index contributed by atoms with van der Waals surface area (Å²) in [5.74, 6) is 2.24. The van der Waals surface area contributed by atoms with Crippen molar-refractivity contribution in [2.75, 3.05) is 13.2 Å². The first-order chi connectivity index (χ1) is 14.8. The lowest BCUT2D eigenvalue weighted by atomic mass is 10.1. The van der Waals surface area contributed by atoms with Gasteiger partial charge in [-0.2, -0.15) is 0 Å². The van der Waals surface area contributed by atoms with Gasteiger partial charge in [-0.05, 0) is 49.9 Å². The third kappa shape index (κ3) is 7.45. The van der Waals surface area contributed by atoms with Crippen molar-refractivity contribution in [1.82, 2.24) is 9.97 Å². The molecule has 1 fully saturated rings. The van der Waals surface area contributed by atoms with E-state index >= 15 is 0 Å². The number of benzene rings is 1. The number of rotatable bonds is 15. The van der Waals surface area contributed by atoms with Crippen LogP contribution in [0.4, 0.5) is 0 Å². The molecule has 2 heterocycles. The summed E-state index contributed by atoms with van der Waals surface area (Å²) in [6.45, 7) is 7.26. The minimum absolute atomic E-state index is 0.249. The van der Waals surface area contributed by atoms with E-state index in [1.165, 1.54) is 32.1 Å². The number of hydrogen-bond donors (Lipinski definition) is 0. The second-order valence-corrected chi connectivity index (χ2v) is 7.77. The van der Waals surface area contributed by atoms with Gasteiger partial charge in [0.15, 0.2) is 11.6 Å². The van der Waals surface area contributed by atoms with E-state index in [0.29, 0.717) is 30.9 Å². The van der Waals surface area contributed by atoms with Crippen LogP contribution in [0.15, 0.2) is 49.3 Å². The van der Waals surface area contributed by atoms with Gasteiger partial charge in [0.2, 0.25) is 0 Å². The van der Waals surface area contributed by atoms with Crippen LogP contribution in [-0.4, -0.2) is 35.4 Å². The van der Waals surface area contributed by atoms with E-state index in [1.54, 1.807) is 12.4 Å². The van der Waals surface area contributed by atoms with Crippen molar-refractivity contribution in [3.8, 4) is 22.9 Å². The average molecular weight is 411 g/mol. The van der Waals surface area contributed by atoms with Crippen LogP contribution in [0.2, 0.25) is 0 Å². The van der Waals surface area contributed by atoms with Crippen LogP contribution in [0, 0.1) is 0 Å². The molecule has 0 N–H and O–H groups in total. The SMILES string of the molecule is C=CCCCCCCOc1cnc(-c2ccc(OC[C@@H]3O[C@H]3CCCC)cc2)nc1. The van der Waals surface area contributed by atoms with Crippen LogP contribution in [0.5, 0.6) is 11.5 Å². The van der Waals surface area contributed by atoms with Crippen molar-refractivity contribution >= 4 is 0 Å². The van der Waals surface area contributed by atoms with Crippen LogP contribution in [-0.2, 0) is 4.74 Å². The summed E-state index contributed by atoms with van der Waals surface area (Å²) in [6.07, 6.45) is 15.4. The predicted molar refractivity (Wildman–Crippen MR) is 120 cm³/mol. The molecule has 1 saturated heterocycles. The molecule has 3 rings (SSSR count). The molecular formula is C25H34N2O3. The van der Waals surface area contributed by atoms with Crippen molar-refractivity contribution < 1.29 is 14.2 Å². The number of ether oxygens (including phenoxy) is 3. The van der Waals surface area contributed by atoms with E-state index in [0.717, 1.165) is 30.6 Å². The smallest absolute Gasteiger partial charge is 0.159 e. The summed E-state index contributed by atoms with van der Waals surface area (Å²) in [7, 11) is 0. The van der Waals surface area contributed by atoms with Crippen molar-refractivity contribution in [3.05, 3.63) is 49.3 Å². The maximum Gasteiger partial charge on any atom is 0.159 e. The molecular weight excluding hydrogens is 376 g/mol. The topological polar surface area (TPSA) is 56.8 Å². The zero-order chi connectivity index (χ0) is 21.0. The minimum Gasteiger partial charge on any atom is -0.491 e. The Balaban J connectivity index is 1.37. The quantitative estimate of drug-likeness (QED) is 0.205. The molecule has 1 aliphatic heterocycles. The maximum absolute atomic E-state index is 5.85. The molecule has 5 nitrogen and oxygen atoms in total. The second-order valence-electron chi connectivity index (χ2n) is 7.77. The number of epoxide rings is 1. The Morgan fingerprint density at radius 3 is 2.43 bits per heavy atom. The molecule has 162 valence electrons. The highest BCUT2D eigenvalue weighted by molar-refractivity contribution is 5.56. The lowest BCUT2D eigenvalue weighted by Crippen LogP contribution is -2.07. The largest absolute Gasteiger partial charge is 0.491 e. The fourth-order valence-electron chi connectivity index (χ4n) is 3.34. The minimum atomic E-state index is 0.249. The first-order valence-electron chi connectivity index (χ1n) is 11.2. The second kappa shape index (κ2) is 12.3. The van der Waals surface area contributed by atoms with Gasteiger partial charge >= 0.3 is 0 Å². The van der Waals surface area contributed by atoms with E-state index in [4.69, 9.17) is 14.2 Å². The van der Waals surface area contributed by atoms with Gasteiger partial charge in [0.1, 0.15) is 18.5 Å². The molecule has 1 aromatic carbocycles. The Bertz CT molecular complexity index is 746. The summed E-state index contributed by atoms with van der Waals surface area (Å²) in [4.78, 5) is 8.87. The Morgan fingerprint density at radius 1 is 0.933 bits per heavy atom. The molecule has 0 spiro atoms. The highest BCUT2D eigenvalue weighted by Gasteiger charge is 2.38. The molecule has 0 aliphatic carbocycles. The fourth-order valence-corrected chi connectivity index (χ4v) is 3.34. The third-order valence-corrected chi connectivity index (χ3v) is 5.26. The Kier molecular flexibility index (Phi) is 9.16. The maximum atomic E-state index is 5.85. The molecule has 0 saturated carbocycles. The number of allylic oxidation sites excluding steroid dienone is 1. The summed E-state index contributed by atoms with van der Waals surface area (Å²) in [6, 6.07) is 7.88. The van der Waals surface area contributed by atoms with Crippen molar-refractivity contribution in [2.24, 2.45) is 0 Å². The molecule has 0 bridgehead atoms. The Hall–Kier alpha value is -2.40. The van der Waals surface area contributed by atoms with Crippen LogP contribution >= 0.6 is 0 Å². The Labute approximate surface area is 180 Å². The van der Waals surface area contributed by atoms with Gasteiger partial charge in [-0.3, -0.25) is 0 Å². The number of aromatic nitrogens is 2. The van der Waals surface area contributed by atoms with Crippen LogP contribution < -0.4 is 9.47 Å². The van der Waals surface area contributed by atoms with Gasteiger partial charge in [-0.15, -0.1) is 6.58 Å². The number of nitrogens with zero attached hydrogens (tertiary/aromatic N) is 2. The zero-order valence-corrected chi connectivity index (χ0v) is 18.1. The standard InChI is InChI=1S/C25H34N2O3/c1-3-5-7-8-9-10-16-28-22-17-26-25(27-18-22)20-12-14-21(15-13-20)29-19-24-23(30-24)11-6-4-2/h3,12-15,17-18,23-24H,1,4-11,16,19H2,2H3/t23-,24-/m0/s1. The summed E-state index contributed by atoms with van der Waals surface area (Å²) in [5.41, 5.74) is 0.958. The van der Waals surface area contributed by atoms with Gasteiger partial charge in [-0.1, -0.05) is 38.7 Å². The summed E-state index contributed by atoms with van der Waals surface area (Å²) in [5, 5.41) is 0. The first-order valence-corrected chi connectivity index (χ1v) is 11.2. The highest BCUT2D eigenvalue weighted by Crippen LogP contribution is 2.28. The molecule has 0 unspecified atom stereocenters. The van der Waals surface area contributed by atoms with Crippen molar-refractivity contribution in [2.45, 2.75) is 70.5 Å². The van der Waals surface area contributed by atoms with Gasteiger partial charge < -0.3 is 14.2 Å². The van der Waals surface area contributed by atoms with E-state index in [2.05, 4.69) is 23.5 Å². The fraction of sp³-hybridized carbons (Fsp3) is 0.520. The Morgan fingerprint density at radius 2 is 1.70 bits per heavy atom. The van der Waals surface area contributed by atoms with Crippen molar-refractivity contribution in [1.29, 1.82) is 0 Å². The lowest BCUT2D eigenvalue weighted by Gasteiger charge is -2.07. The normalized spacial score (nSPS) is 17.5. The van der Waals surface area contributed by atoms with Gasteiger partial charge in [0.05, 0.1) is 25.1 Å². The monoisotopic (exact) mass is 410 g/mol. The molecule has 5 heteroatoms. The molecule has 1 aliphatic rings. The average Bonchev–Trinajstić information content (AvgIpc) is 3.55. The third-order valence-electron chi connectivity index (χ3n) is 5.26. The lowest BCUT2D eigenvalue weighted by molar-refractivity contribution is 0.259. The predicted octanol–water partition coefficient (Wildman–Crippen LogP) is 6.00. The van der Waals surface area contributed by atoms with Gasteiger partial charge in [0, 0.05) is 5.56 Å². The zero-order valence-electron chi connectivity index (χ0n) is 18.1.